The van der Waals surface area contributed by atoms with Crippen LogP contribution < -0.4 is 11.1 Å². The summed E-state index contributed by atoms with van der Waals surface area (Å²) in [5, 5.41) is 29.5. The van der Waals surface area contributed by atoms with E-state index in [1.165, 1.54) is 0 Å². The van der Waals surface area contributed by atoms with Gasteiger partial charge in [0, 0.05) is 12.3 Å². The molecule has 1 amide bonds. The lowest BCUT2D eigenvalue weighted by Crippen LogP contribution is -2.59. The Morgan fingerprint density at radius 2 is 1.86 bits per heavy atom. The summed E-state index contributed by atoms with van der Waals surface area (Å²) < 4.78 is 0. The van der Waals surface area contributed by atoms with Gasteiger partial charge >= 0.3 is 17.9 Å². The van der Waals surface area contributed by atoms with Crippen LogP contribution in [0.2, 0.25) is 0 Å². The highest BCUT2D eigenvalue weighted by molar-refractivity contribution is 5.92. The first-order valence-corrected chi connectivity index (χ1v) is 6.96. The van der Waals surface area contributed by atoms with Crippen molar-refractivity contribution < 1.29 is 34.5 Å². The number of carboxylic acid groups (broad SMARTS) is 3. The number of hydrogen-bond acceptors (Lipinski definition) is 5. The largest absolute Gasteiger partial charge is 0.481 e. The van der Waals surface area contributed by atoms with Gasteiger partial charge < -0.3 is 26.4 Å². The highest BCUT2D eigenvalue weighted by Crippen LogP contribution is 2.62. The molecule has 122 valence electrons. The number of amides is 1. The summed E-state index contributed by atoms with van der Waals surface area (Å²) in [6.45, 7) is 0. The first kappa shape index (κ1) is 16.2. The molecular weight excluding hydrogens is 296 g/mol. The predicted octanol–water partition coefficient (Wildman–Crippen LogP) is -1.14. The van der Waals surface area contributed by atoms with E-state index in [4.69, 9.17) is 15.9 Å². The molecule has 0 heterocycles. The lowest BCUT2D eigenvalue weighted by Gasteiger charge is -2.29. The second kappa shape index (κ2) is 5.56. The van der Waals surface area contributed by atoms with Gasteiger partial charge in [0.05, 0.1) is 12.0 Å². The molecule has 5 atom stereocenters. The first-order chi connectivity index (χ1) is 10.2. The zero-order chi connectivity index (χ0) is 16.7. The molecule has 2 saturated carbocycles. The maximum Gasteiger partial charge on any atom is 0.329 e. The zero-order valence-electron chi connectivity index (χ0n) is 11.7. The standard InChI is InChI=1S/C13H18N2O7/c14-6(1-2-7(16)17)10(18)15-13(12(21)22)4-3-5-8(9(5)13)11(19)20/h5-6,8-9H,1-4,14H2,(H,15,18)(H,16,17)(H,19,20)(H,21,22)/t5-,6-,8-,9-,13-/m0/s1. The molecule has 0 spiro atoms. The molecule has 0 bridgehead atoms. The Morgan fingerprint density at radius 1 is 1.23 bits per heavy atom. The fraction of sp³-hybridized carbons (Fsp3) is 0.692. The quantitative estimate of drug-likeness (QED) is 0.393. The van der Waals surface area contributed by atoms with Crippen LogP contribution in [0.25, 0.3) is 0 Å². The molecule has 9 nitrogen and oxygen atoms in total. The highest BCUT2D eigenvalue weighted by Gasteiger charge is 2.72. The van der Waals surface area contributed by atoms with E-state index in [2.05, 4.69) is 5.32 Å². The third-order valence-corrected chi connectivity index (χ3v) is 4.63. The summed E-state index contributed by atoms with van der Waals surface area (Å²) in [5.74, 6) is -5.86. The third kappa shape index (κ3) is 2.63. The first-order valence-electron chi connectivity index (χ1n) is 6.96. The van der Waals surface area contributed by atoms with Gasteiger partial charge in [-0.1, -0.05) is 0 Å². The van der Waals surface area contributed by atoms with Crippen molar-refractivity contribution in [3.8, 4) is 0 Å². The van der Waals surface area contributed by atoms with Crippen molar-refractivity contribution in [1.29, 1.82) is 0 Å². The monoisotopic (exact) mass is 314 g/mol. The van der Waals surface area contributed by atoms with Crippen molar-refractivity contribution in [2.45, 2.75) is 37.3 Å². The van der Waals surface area contributed by atoms with Crippen molar-refractivity contribution in [2.24, 2.45) is 23.5 Å². The van der Waals surface area contributed by atoms with Gasteiger partial charge in [-0.25, -0.2) is 4.79 Å². The molecule has 0 unspecified atom stereocenters. The molecule has 2 aliphatic carbocycles. The average Bonchev–Trinajstić information content (AvgIpc) is 3.05. The topological polar surface area (TPSA) is 167 Å². The van der Waals surface area contributed by atoms with Gasteiger partial charge in [0.25, 0.3) is 0 Å². The van der Waals surface area contributed by atoms with Crippen molar-refractivity contribution in [3.63, 3.8) is 0 Å². The van der Waals surface area contributed by atoms with E-state index in [9.17, 15) is 24.3 Å². The second-order valence-electron chi connectivity index (χ2n) is 5.90. The summed E-state index contributed by atoms with van der Waals surface area (Å²) >= 11 is 0. The number of aliphatic carboxylic acids is 3. The van der Waals surface area contributed by atoms with Crippen LogP contribution in [0.4, 0.5) is 0 Å². The van der Waals surface area contributed by atoms with Crippen LogP contribution in [-0.4, -0.2) is 50.7 Å². The number of carbonyl (C=O) groups excluding carboxylic acids is 1. The minimum atomic E-state index is -1.62. The van der Waals surface area contributed by atoms with Crippen LogP contribution in [0, 0.1) is 17.8 Å². The number of fused-ring (bicyclic) bond motifs is 1. The van der Waals surface area contributed by atoms with Crippen molar-refractivity contribution in [2.75, 3.05) is 0 Å². The highest BCUT2D eigenvalue weighted by atomic mass is 16.4. The molecular formula is C13H18N2O7. The smallest absolute Gasteiger partial charge is 0.329 e. The molecule has 6 N–H and O–H groups in total. The number of carbonyl (C=O) groups is 4. The van der Waals surface area contributed by atoms with Crippen molar-refractivity contribution in [1.82, 2.24) is 5.32 Å². The van der Waals surface area contributed by atoms with Gasteiger partial charge in [0.1, 0.15) is 5.54 Å². The van der Waals surface area contributed by atoms with Gasteiger partial charge in [-0.15, -0.1) is 0 Å². The van der Waals surface area contributed by atoms with Crippen molar-refractivity contribution >= 4 is 23.8 Å². The zero-order valence-corrected chi connectivity index (χ0v) is 11.7. The lowest BCUT2D eigenvalue weighted by atomic mass is 9.89. The van der Waals surface area contributed by atoms with Gasteiger partial charge in [-0.3, -0.25) is 14.4 Å². The van der Waals surface area contributed by atoms with Gasteiger partial charge in [-0.05, 0) is 25.2 Å². The van der Waals surface area contributed by atoms with Crippen LogP contribution in [0.3, 0.4) is 0 Å². The fourth-order valence-corrected chi connectivity index (χ4v) is 3.47. The van der Waals surface area contributed by atoms with E-state index in [1.54, 1.807) is 0 Å². The fourth-order valence-electron chi connectivity index (χ4n) is 3.47. The minimum absolute atomic E-state index is 0.118. The molecule has 9 heteroatoms. The number of nitrogens with one attached hydrogen (secondary N) is 1. The second-order valence-corrected chi connectivity index (χ2v) is 5.90. The summed E-state index contributed by atoms with van der Waals surface area (Å²) in [6.07, 6.45) is 0.142. The van der Waals surface area contributed by atoms with Gasteiger partial charge in [0.15, 0.2) is 0 Å². The van der Waals surface area contributed by atoms with Gasteiger partial charge in [0.2, 0.25) is 5.91 Å². The SMILES string of the molecule is N[C@@H](CCC(=O)O)C(=O)N[C@@]1(C(=O)O)CC[C@H]2[C@H](C(=O)O)[C@H]21. The van der Waals surface area contributed by atoms with E-state index in [0.717, 1.165) is 0 Å². The summed E-state index contributed by atoms with van der Waals surface area (Å²) in [5.41, 5.74) is 3.95. The van der Waals surface area contributed by atoms with E-state index in [-0.39, 0.29) is 25.2 Å². The Hall–Kier alpha value is -2.16. The Bertz CT molecular complexity index is 534. The maximum atomic E-state index is 12.0. The molecule has 0 saturated heterocycles. The van der Waals surface area contributed by atoms with Crippen LogP contribution in [0.15, 0.2) is 0 Å². The summed E-state index contributed by atoms with van der Waals surface area (Å²) in [6, 6.07) is -1.14. The van der Waals surface area contributed by atoms with Crippen LogP contribution in [0.5, 0.6) is 0 Å². The molecule has 2 aliphatic rings. The molecule has 0 aromatic heterocycles. The predicted molar refractivity (Wildman–Crippen MR) is 70.7 cm³/mol. The van der Waals surface area contributed by atoms with Crippen LogP contribution in [-0.2, 0) is 19.2 Å². The number of carboxylic acids is 3. The van der Waals surface area contributed by atoms with Gasteiger partial charge in [-0.2, -0.15) is 0 Å². The molecule has 0 aromatic rings. The van der Waals surface area contributed by atoms with Crippen molar-refractivity contribution in [3.05, 3.63) is 0 Å². The van der Waals surface area contributed by atoms with E-state index in [0.29, 0.717) is 6.42 Å². The molecule has 0 radical (unpaired) electrons. The average molecular weight is 314 g/mol. The molecule has 22 heavy (non-hydrogen) atoms. The Kier molecular flexibility index (Phi) is 4.10. The Morgan fingerprint density at radius 3 is 2.32 bits per heavy atom. The van der Waals surface area contributed by atoms with Crippen LogP contribution >= 0.6 is 0 Å². The number of nitrogens with two attached hydrogens (primary N) is 1. The number of hydrogen-bond donors (Lipinski definition) is 5. The third-order valence-electron chi connectivity index (χ3n) is 4.63. The molecule has 2 rings (SSSR count). The van der Waals surface area contributed by atoms with E-state index >= 15 is 0 Å². The molecule has 2 fully saturated rings. The summed E-state index contributed by atoms with van der Waals surface area (Å²) in [7, 11) is 0. The molecule has 0 aromatic carbocycles. The maximum absolute atomic E-state index is 12.0. The normalized spacial score (nSPS) is 33.6. The Balaban J connectivity index is 2.07. The summed E-state index contributed by atoms with van der Waals surface area (Å²) in [4.78, 5) is 45.2. The lowest BCUT2D eigenvalue weighted by molar-refractivity contribution is -0.150. The van der Waals surface area contributed by atoms with E-state index in [1.807, 2.05) is 0 Å². The molecule has 0 aliphatic heterocycles. The minimum Gasteiger partial charge on any atom is -0.481 e. The number of rotatable bonds is 7. The van der Waals surface area contributed by atoms with E-state index < -0.39 is 47.2 Å². The Labute approximate surface area is 125 Å². The van der Waals surface area contributed by atoms with Crippen LogP contribution in [0.1, 0.15) is 25.7 Å².